The topological polar surface area (TPSA) is 132 Å². The fourth-order valence-corrected chi connectivity index (χ4v) is 2.65. The first-order chi connectivity index (χ1) is 10.8. The van der Waals surface area contributed by atoms with Gasteiger partial charge in [-0.2, -0.15) is 0 Å². The van der Waals surface area contributed by atoms with Gasteiger partial charge in [-0.25, -0.2) is 0 Å². The lowest BCUT2D eigenvalue weighted by Crippen LogP contribution is -2.64. The van der Waals surface area contributed by atoms with Crippen LogP contribution in [0.1, 0.15) is 5.56 Å². The van der Waals surface area contributed by atoms with Crippen LogP contribution in [-0.2, 0) is 20.0 Å². The fourth-order valence-electron chi connectivity index (χ4n) is 2.65. The zero-order valence-electron chi connectivity index (χ0n) is 12.7. The third kappa shape index (κ3) is 3.20. The predicted octanol–water partition coefficient (Wildman–Crippen LogP) is -0.478. The molecule has 1 aromatic rings. The second-order valence-electron chi connectivity index (χ2n) is 5.25. The van der Waals surface area contributed by atoms with Crippen molar-refractivity contribution in [3.05, 3.63) is 39.9 Å². The van der Waals surface area contributed by atoms with E-state index >= 15 is 0 Å². The van der Waals surface area contributed by atoms with Gasteiger partial charge in [-0.15, -0.1) is 0 Å². The first kappa shape index (κ1) is 17.7. The molecule has 0 aliphatic carbocycles. The Hall–Kier alpha value is -1.62. The number of nitrogens with zero attached hydrogens (tertiary/aromatic N) is 1. The highest BCUT2D eigenvalue weighted by Gasteiger charge is 2.54. The highest BCUT2D eigenvalue weighted by atomic mass is 16.7. The third-order valence-corrected chi connectivity index (χ3v) is 3.83. The minimum absolute atomic E-state index is 0.0655. The number of nitro benzene ring substituents is 1. The number of aliphatic hydroxyl groups excluding tert-OH is 2. The van der Waals surface area contributed by atoms with Crippen molar-refractivity contribution in [1.82, 2.24) is 0 Å². The fraction of sp³-hybridized carbons (Fsp3) is 0.571. The van der Waals surface area contributed by atoms with Crippen molar-refractivity contribution < 1.29 is 34.5 Å². The van der Waals surface area contributed by atoms with Gasteiger partial charge < -0.3 is 29.5 Å². The van der Waals surface area contributed by atoms with Crippen molar-refractivity contribution in [3.8, 4) is 0 Å². The van der Waals surface area contributed by atoms with Crippen LogP contribution in [0.2, 0.25) is 0 Å². The second kappa shape index (κ2) is 6.87. The number of non-ortho nitro benzene ring substituents is 1. The van der Waals surface area contributed by atoms with Gasteiger partial charge in [-0.05, 0) is 12.1 Å². The summed E-state index contributed by atoms with van der Waals surface area (Å²) < 4.78 is 15.5. The lowest BCUT2D eigenvalue weighted by Gasteiger charge is -2.47. The molecule has 1 heterocycles. The highest BCUT2D eigenvalue weighted by Crippen LogP contribution is 2.38. The molecule has 0 aromatic heterocycles. The first-order valence-corrected chi connectivity index (χ1v) is 6.88. The van der Waals surface area contributed by atoms with E-state index in [2.05, 4.69) is 0 Å². The van der Waals surface area contributed by atoms with Crippen LogP contribution in [0.3, 0.4) is 0 Å². The Balaban J connectivity index is 2.39. The van der Waals surface area contributed by atoms with Crippen LogP contribution in [0.5, 0.6) is 0 Å². The van der Waals surface area contributed by atoms with E-state index in [1.807, 2.05) is 0 Å². The Morgan fingerprint density at radius 3 is 2.35 bits per heavy atom. The second-order valence-corrected chi connectivity index (χ2v) is 5.25. The largest absolute Gasteiger partial charge is 0.387 e. The minimum Gasteiger partial charge on any atom is -0.387 e. The Bertz CT molecular complexity index is 548. The van der Waals surface area contributed by atoms with Crippen molar-refractivity contribution in [2.24, 2.45) is 0 Å². The smallest absolute Gasteiger partial charge is 0.269 e. The van der Waals surface area contributed by atoms with Crippen molar-refractivity contribution in [2.75, 3.05) is 20.8 Å². The van der Waals surface area contributed by atoms with Crippen LogP contribution in [0.25, 0.3) is 0 Å². The lowest BCUT2D eigenvalue weighted by atomic mass is 9.88. The van der Waals surface area contributed by atoms with E-state index in [4.69, 9.17) is 14.2 Å². The summed E-state index contributed by atoms with van der Waals surface area (Å²) in [5, 5.41) is 41.8. The van der Waals surface area contributed by atoms with Crippen LogP contribution in [0.15, 0.2) is 24.3 Å². The molecule has 0 unspecified atom stereocenters. The number of methoxy groups -OCH3 is 2. The van der Waals surface area contributed by atoms with Crippen molar-refractivity contribution in [3.63, 3.8) is 0 Å². The van der Waals surface area contributed by atoms with Crippen molar-refractivity contribution in [2.45, 2.75) is 30.2 Å². The average Bonchev–Trinajstić information content (AvgIpc) is 2.53. The van der Waals surface area contributed by atoms with Gasteiger partial charge in [0.05, 0.1) is 11.5 Å². The zero-order chi connectivity index (χ0) is 17.2. The molecule has 1 aliphatic heterocycles. The quantitative estimate of drug-likeness (QED) is 0.487. The molecular weight excluding hydrogens is 310 g/mol. The molecule has 0 saturated carbocycles. The van der Waals surface area contributed by atoms with Gasteiger partial charge in [0.15, 0.2) is 0 Å². The Morgan fingerprint density at radius 1 is 1.26 bits per heavy atom. The molecule has 0 bridgehead atoms. The molecule has 0 spiro atoms. The lowest BCUT2D eigenvalue weighted by molar-refractivity contribution is -0.385. The van der Waals surface area contributed by atoms with Crippen LogP contribution in [0.4, 0.5) is 5.69 Å². The molecule has 9 nitrogen and oxygen atoms in total. The molecule has 2 rings (SSSR count). The Morgan fingerprint density at radius 2 is 1.87 bits per heavy atom. The molecule has 1 saturated heterocycles. The molecular formula is C14H19NO8. The summed E-state index contributed by atoms with van der Waals surface area (Å²) in [6.07, 6.45) is -5.04. The zero-order valence-corrected chi connectivity index (χ0v) is 12.7. The number of rotatable bonds is 5. The summed E-state index contributed by atoms with van der Waals surface area (Å²) in [5.41, 5.74) is -0.00171. The molecule has 5 atom stereocenters. The Kier molecular flexibility index (Phi) is 5.30. The van der Waals surface area contributed by atoms with E-state index in [1.54, 1.807) is 0 Å². The molecule has 23 heavy (non-hydrogen) atoms. The molecule has 1 fully saturated rings. The highest BCUT2D eigenvalue weighted by molar-refractivity contribution is 5.35. The summed E-state index contributed by atoms with van der Waals surface area (Å²) >= 11 is 0. The van der Waals surface area contributed by atoms with E-state index in [0.717, 1.165) is 0 Å². The minimum atomic E-state index is -2.09. The SMILES string of the molecule is COC[C@H]1O[C@](O)(c2ccc([N+](=O)[O-])cc2)[C@H](OC)[C@@H](O)[C@H]1O. The van der Waals surface area contributed by atoms with Gasteiger partial charge in [0.25, 0.3) is 5.69 Å². The van der Waals surface area contributed by atoms with Gasteiger partial charge in [-0.3, -0.25) is 10.1 Å². The number of hydrogen-bond donors (Lipinski definition) is 3. The molecule has 1 aliphatic rings. The Labute approximate surface area is 132 Å². The van der Waals surface area contributed by atoms with Crippen molar-refractivity contribution in [1.29, 1.82) is 0 Å². The van der Waals surface area contributed by atoms with E-state index in [-0.39, 0.29) is 17.9 Å². The molecule has 0 radical (unpaired) electrons. The molecule has 9 heteroatoms. The number of ether oxygens (including phenoxy) is 3. The standard InChI is InChI=1S/C14H19NO8/c1-21-7-10-11(16)12(17)13(22-2)14(18,23-10)8-3-5-9(6-4-8)15(19)20/h3-6,10-13,16-18H,7H2,1-2H3/t10-,11+,12+,13-,14-/m1/s1. The maximum atomic E-state index is 10.9. The van der Waals surface area contributed by atoms with Crippen LogP contribution in [-0.4, -0.2) is 65.5 Å². The maximum absolute atomic E-state index is 10.9. The number of nitro groups is 1. The summed E-state index contributed by atoms with van der Waals surface area (Å²) in [4.78, 5) is 10.1. The van der Waals surface area contributed by atoms with Gasteiger partial charge in [0, 0.05) is 31.9 Å². The van der Waals surface area contributed by atoms with E-state index in [1.165, 1.54) is 38.5 Å². The number of hydrogen-bond acceptors (Lipinski definition) is 8. The summed E-state index contributed by atoms with van der Waals surface area (Å²) in [5.74, 6) is -2.09. The van der Waals surface area contributed by atoms with Crippen LogP contribution < -0.4 is 0 Å². The molecule has 1 aromatic carbocycles. The van der Waals surface area contributed by atoms with Gasteiger partial charge in [0.1, 0.15) is 24.4 Å². The van der Waals surface area contributed by atoms with Crippen LogP contribution >= 0.6 is 0 Å². The van der Waals surface area contributed by atoms with E-state index in [9.17, 15) is 25.4 Å². The molecule has 128 valence electrons. The van der Waals surface area contributed by atoms with Gasteiger partial charge in [-0.1, -0.05) is 0 Å². The summed E-state index contributed by atoms with van der Waals surface area (Å²) in [6.45, 7) is -0.0655. The van der Waals surface area contributed by atoms with Crippen LogP contribution in [0, 0.1) is 10.1 Å². The van der Waals surface area contributed by atoms with Gasteiger partial charge >= 0.3 is 0 Å². The summed E-state index contributed by atoms with van der Waals surface area (Å²) in [7, 11) is 2.63. The maximum Gasteiger partial charge on any atom is 0.269 e. The van der Waals surface area contributed by atoms with Gasteiger partial charge in [0.2, 0.25) is 5.79 Å². The monoisotopic (exact) mass is 329 g/mol. The third-order valence-electron chi connectivity index (χ3n) is 3.83. The van der Waals surface area contributed by atoms with Crippen molar-refractivity contribution >= 4 is 5.69 Å². The number of aliphatic hydroxyl groups is 3. The van der Waals surface area contributed by atoms with E-state index in [0.29, 0.717) is 0 Å². The molecule has 0 amide bonds. The first-order valence-electron chi connectivity index (χ1n) is 6.88. The average molecular weight is 329 g/mol. The predicted molar refractivity (Wildman–Crippen MR) is 76.6 cm³/mol. The normalized spacial score (nSPS) is 34.3. The molecule has 3 N–H and O–H groups in total. The van der Waals surface area contributed by atoms with E-state index < -0.39 is 35.1 Å². The number of benzene rings is 1. The summed E-state index contributed by atoms with van der Waals surface area (Å²) in [6, 6.07) is 5.01.